The van der Waals surface area contributed by atoms with E-state index in [1.165, 1.54) is 12.1 Å². The van der Waals surface area contributed by atoms with Gasteiger partial charge in [-0.05, 0) is 43.0 Å². The summed E-state index contributed by atoms with van der Waals surface area (Å²) in [5, 5.41) is 13.8. The highest BCUT2D eigenvalue weighted by Crippen LogP contribution is 2.35. The normalized spacial score (nSPS) is 16.0. The highest BCUT2D eigenvalue weighted by atomic mass is 35.5. The van der Waals surface area contributed by atoms with E-state index in [2.05, 4.69) is 5.32 Å². The van der Waals surface area contributed by atoms with Crippen LogP contribution in [-0.2, 0) is 11.2 Å². The lowest BCUT2D eigenvalue weighted by molar-refractivity contribution is -0.384. The number of rotatable bonds is 4. The second-order valence-electron chi connectivity index (χ2n) is 7.44. The van der Waals surface area contributed by atoms with Gasteiger partial charge in [0, 0.05) is 36.0 Å². The van der Waals surface area contributed by atoms with Crippen molar-refractivity contribution in [1.82, 2.24) is 0 Å². The molecule has 150 valence electrons. The first-order chi connectivity index (χ1) is 13.9. The van der Waals surface area contributed by atoms with Gasteiger partial charge in [0.2, 0.25) is 5.91 Å². The number of carbonyl (C=O) groups is 2. The molecule has 29 heavy (non-hydrogen) atoms. The third kappa shape index (κ3) is 3.82. The standard InChI is InChI=1S/C21H20ClN3O4/c22-18-8-7-16(25(28)29)12-17(18)20(26)23-15-6-5-13-9-10-24(19(13)11-15)21(27)14-3-1-2-4-14/h5-8,11-12,14H,1-4,9-10H2,(H,23,26). The zero-order valence-corrected chi connectivity index (χ0v) is 16.4. The number of nitrogens with zero attached hydrogens (tertiary/aromatic N) is 2. The fourth-order valence-electron chi connectivity index (χ4n) is 4.08. The van der Waals surface area contributed by atoms with E-state index in [4.69, 9.17) is 11.6 Å². The van der Waals surface area contributed by atoms with E-state index < -0.39 is 10.8 Å². The van der Waals surface area contributed by atoms with E-state index in [0.717, 1.165) is 49.4 Å². The molecule has 0 saturated heterocycles. The zero-order valence-electron chi connectivity index (χ0n) is 15.7. The van der Waals surface area contributed by atoms with Crippen LogP contribution in [0.15, 0.2) is 36.4 Å². The molecule has 1 heterocycles. The highest BCUT2D eigenvalue weighted by molar-refractivity contribution is 6.34. The van der Waals surface area contributed by atoms with Crippen LogP contribution in [-0.4, -0.2) is 23.3 Å². The summed E-state index contributed by atoms with van der Waals surface area (Å²) in [6.07, 6.45) is 4.85. The number of anilines is 2. The topological polar surface area (TPSA) is 92.6 Å². The summed E-state index contributed by atoms with van der Waals surface area (Å²) >= 11 is 6.06. The number of hydrogen-bond donors (Lipinski definition) is 1. The molecular weight excluding hydrogens is 394 g/mol. The molecule has 1 aliphatic carbocycles. The molecule has 0 atom stereocenters. The average molecular weight is 414 g/mol. The first-order valence-electron chi connectivity index (χ1n) is 9.63. The molecule has 2 aliphatic rings. The van der Waals surface area contributed by atoms with Crippen LogP contribution in [0.25, 0.3) is 0 Å². The molecule has 0 aromatic heterocycles. The summed E-state index contributed by atoms with van der Waals surface area (Å²) in [4.78, 5) is 37.7. The molecule has 2 aromatic rings. The van der Waals surface area contributed by atoms with Gasteiger partial charge in [-0.2, -0.15) is 0 Å². The van der Waals surface area contributed by atoms with Crippen LogP contribution in [0.1, 0.15) is 41.6 Å². The molecule has 1 N–H and O–H groups in total. The number of non-ortho nitro benzene ring substituents is 1. The Morgan fingerprint density at radius 2 is 1.90 bits per heavy atom. The fraction of sp³-hybridized carbons (Fsp3) is 0.333. The van der Waals surface area contributed by atoms with Gasteiger partial charge in [0.05, 0.1) is 15.5 Å². The van der Waals surface area contributed by atoms with Crippen LogP contribution in [0.4, 0.5) is 17.1 Å². The number of halogens is 1. The van der Waals surface area contributed by atoms with Crippen molar-refractivity contribution in [3.63, 3.8) is 0 Å². The number of nitrogens with one attached hydrogen (secondary N) is 1. The molecule has 1 saturated carbocycles. The van der Waals surface area contributed by atoms with Gasteiger partial charge in [-0.15, -0.1) is 0 Å². The maximum absolute atomic E-state index is 12.9. The van der Waals surface area contributed by atoms with Crippen LogP contribution in [0.3, 0.4) is 0 Å². The Balaban J connectivity index is 1.56. The Kier molecular flexibility index (Phi) is 5.24. The molecular formula is C21H20ClN3O4. The minimum atomic E-state index is -0.574. The van der Waals surface area contributed by atoms with E-state index in [1.807, 2.05) is 11.0 Å². The van der Waals surface area contributed by atoms with Crippen LogP contribution in [0.2, 0.25) is 5.02 Å². The van der Waals surface area contributed by atoms with Crippen molar-refractivity contribution in [1.29, 1.82) is 0 Å². The van der Waals surface area contributed by atoms with Gasteiger partial charge in [-0.25, -0.2) is 0 Å². The van der Waals surface area contributed by atoms with Crippen LogP contribution < -0.4 is 10.2 Å². The predicted molar refractivity (Wildman–Crippen MR) is 111 cm³/mol. The molecule has 1 fully saturated rings. The van der Waals surface area contributed by atoms with Crippen molar-refractivity contribution in [3.05, 3.63) is 62.7 Å². The smallest absolute Gasteiger partial charge is 0.270 e. The molecule has 2 aromatic carbocycles. The molecule has 7 nitrogen and oxygen atoms in total. The van der Waals surface area contributed by atoms with Gasteiger partial charge in [-0.3, -0.25) is 19.7 Å². The molecule has 8 heteroatoms. The monoisotopic (exact) mass is 413 g/mol. The van der Waals surface area contributed by atoms with Crippen molar-refractivity contribution in [2.75, 3.05) is 16.8 Å². The average Bonchev–Trinajstić information content (AvgIpc) is 3.37. The summed E-state index contributed by atoms with van der Waals surface area (Å²) < 4.78 is 0. The largest absolute Gasteiger partial charge is 0.322 e. The molecule has 0 radical (unpaired) electrons. The molecule has 0 bridgehead atoms. The summed E-state index contributed by atoms with van der Waals surface area (Å²) in [5.41, 5.74) is 2.23. The van der Waals surface area contributed by atoms with Crippen molar-refractivity contribution < 1.29 is 14.5 Å². The van der Waals surface area contributed by atoms with Crippen molar-refractivity contribution in [3.8, 4) is 0 Å². The first kappa shape index (κ1) is 19.4. The van der Waals surface area contributed by atoms with Gasteiger partial charge < -0.3 is 10.2 Å². The Hall–Kier alpha value is -2.93. The van der Waals surface area contributed by atoms with Gasteiger partial charge in [0.1, 0.15) is 0 Å². The van der Waals surface area contributed by atoms with E-state index >= 15 is 0 Å². The molecule has 1 aliphatic heterocycles. The summed E-state index contributed by atoms with van der Waals surface area (Å²) in [6, 6.07) is 9.20. The minimum absolute atomic E-state index is 0.0280. The van der Waals surface area contributed by atoms with Crippen LogP contribution in [0, 0.1) is 16.0 Å². The third-order valence-electron chi connectivity index (χ3n) is 5.61. The van der Waals surface area contributed by atoms with Crippen LogP contribution in [0.5, 0.6) is 0 Å². The van der Waals surface area contributed by atoms with E-state index in [0.29, 0.717) is 12.2 Å². The van der Waals surface area contributed by atoms with Crippen molar-refractivity contribution >= 4 is 40.5 Å². The first-order valence-corrected chi connectivity index (χ1v) is 10.0. The van der Waals surface area contributed by atoms with Gasteiger partial charge in [-0.1, -0.05) is 30.5 Å². The lowest BCUT2D eigenvalue weighted by Crippen LogP contribution is -2.33. The number of nitro groups is 1. The number of amides is 2. The summed E-state index contributed by atoms with van der Waals surface area (Å²) in [6.45, 7) is 0.652. The highest BCUT2D eigenvalue weighted by Gasteiger charge is 2.32. The molecule has 4 rings (SSSR count). The second kappa shape index (κ2) is 7.83. The number of fused-ring (bicyclic) bond motifs is 1. The number of carbonyl (C=O) groups excluding carboxylic acids is 2. The van der Waals surface area contributed by atoms with E-state index in [-0.39, 0.29) is 28.1 Å². The summed E-state index contributed by atoms with van der Waals surface area (Å²) in [7, 11) is 0. The maximum Gasteiger partial charge on any atom is 0.270 e. The van der Waals surface area contributed by atoms with Gasteiger partial charge >= 0.3 is 0 Å². The number of nitro benzene ring substituents is 1. The SMILES string of the molecule is O=C(Nc1ccc2c(c1)N(C(=O)C1CCCC1)CC2)c1cc([N+](=O)[O-])ccc1Cl. The lowest BCUT2D eigenvalue weighted by Gasteiger charge is -2.21. The van der Waals surface area contributed by atoms with E-state index in [1.54, 1.807) is 12.1 Å². The second-order valence-corrected chi connectivity index (χ2v) is 7.85. The number of benzene rings is 2. The minimum Gasteiger partial charge on any atom is -0.322 e. The van der Waals surface area contributed by atoms with Gasteiger partial charge in [0.15, 0.2) is 0 Å². The van der Waals surface area contributed by atoms with E-state index in [9.17, 15) is 19.7 Å². The summed E-state index contributed by atoms with van der Waals surface area (Å²) in [5.74, 6) is -0.292. The Bertz CT molecular complexity index is 1000. The third-order valence-corrected chi connectivity index (χ3v) is 5.94. The predicted octanol–water partition coefficient (Wildman–Crippen LogP) is 4.58. The molecule has 0 unspecified atom stereocenters. The molecule has 0 spiro atoms. The fourth-order valence-corrected chi connectivity index (χ4v) is 4.28. The Labute approximate surface area is 172 Å². The lowest BCUT2D eigenvalue weighted by atomic mass is 10.1. The Morgan fingerprint density at radius 1 is 1.14 bits per heavy atom. The zero-order chi connectivity index (χ0) is 20.5. The van der Waals surface area contributed by atoms with Crippen molar-refractivity contribution in [2.24, 2.45) is 5.92 Å². The quantitative estimate of drug-likeness (QED) is 0.586. The Morgan fingerprint density at radius 3 is 2.62 bits per heavy atom. The number of hydrogen-bond acceptors (Lipinski definition) is 4. The molecule has 2 amide bonds. The van der Waals surface area contributed by atoms with Crippen LogP contribution >= 0.6 is 11.6 Å². The van der Waals surface area contributed by atoms with Gasteiger partial charge in [0.25, 0.3) is 11.6 Å². The maximum atomic E-state index is 12.9. The van der Waals surface area contributed by atoms with Crippen molar-refractivity contribution in [2.45, 2.75) is 32.1 Å².